The van der Waals surface area contributed by atoms with E-state index in [1.807, 2.05) is 17.9 Å². The van der Waals surface area contributed by atoms with E-state index in [2.05, 4.69) is 69.8 Å². The van der Waals surface area contributed by atoms with Crippen molar-refractivity contribution in [3.05, 3.63) is 66.6 Å². The van der Waals surface area contributed by atoms with E-state index in [0.29, 0.717) is 0 Å². The van der Waals surface area contributed by atoms with Crippen LogP contribution in [0.25, 0.3) is 11.1 Å². The molecule has 28 heavy (non-hydrogen) atoms. The van der Waals surface area contributed by atoms with Gasteiger partial charge in [0.05, 0.1) is 23.3 Å². The van der Waals surface area contributed by atoms with Crippen molar-refractivity contribution in [1.29, 1.82) is 0 Å². The molecule has 0 atom stereocenters. The van der Waals surface area contributed by atoms with E-state index < -0.39 is 0 Å². The van der Waals surface area contributed by atoms with E-state index in [4.69, 9.17) is 0 Å². The standard InChI is InChI=1S/C23H25N5/c1-16-10-11-24-23-20(26-16)6-3-7-22(23)28-12-4-5-18-13-17(8-9-21(18)28)19-14-25-27(2)15-19/h3,6-9,13-15,24,26H,1,4-5,10-12H2,2H3. The number of fused-ring (bicyclic) bond motifs is 2. The molecule has 0 unspecified atom stereocenters. The summed E-state index contributed by atoms with van der Waals surface area (Å²) in [5, 5.41) is 11.4. The fraction of sp³-hybridized carbons (Fsp3) is 0.261. The van der Waals surface area contributed by atoms with Crippen LogP contribution in [0, 0.1) is 0 Å². The smallest absolute Gasteiger partial charge is 0.0820 e. The van der Waals surface area contributed by atoms with E-state index in [9.17, 15) is 0 Å². The van der Waals surface area contributed by atoms with Gasteiger partial charge in [-0.2, -0.15) is 5.10 Å². The third-order valence-corrected chi connectivity index (χ3v) is 5.61. The van der Waals surface area contributed by atoms with Gasteiger partial charge in [-0.05, 0) is 48.2 Å². The molecule has 1 aromatic heterocycles. The van der Waals surface area contributed by atoms with Gasteiger partial charge in [0.15, 0.2) is 0 Å². The number of aromatic nitrogens is 2. The zero-order valence-corrected chi connectivity index (χ0v) is 16.2. The number of benzene rings is 2. The summed E-state index contributed by atoms with van der Waals surface area (Å²) in [5.41, 5.74) is 9.67. The summed E-state index contributed by atoms with van der Waals surface area (Å²) in [6, 6.07) is 13.3. The molecule has 0 amide bonds. The van der Waals surface area contributed by atoms with E-state index in [1.165, 1.54) is 33.8 Å². The third kappa shape index (κ3) is 2.93. The molecule has 5 heteroatoms. The lowest BCUT2D eigenvalue weighted by atomic mass is 9.96. The Labute approximate surface area is 165 Å². The second-order valence-corrected chi connectivity index (χ2v) is 7.61. The minimum absolute atomic E-state index is 0.899. The molecule has 3 aromatic rings. The van der Waals surface area contributed by atoms with Crippen LogP contribution in [0.3, 0.4) is 0 Å². The SMILES string of the molecule is C=C1CCNc2c(cccc2N2CCCc3cc(-c4cnn(C)c4)ccc32)N1. The van der Waals surface area contributed by atoms with Crippen LogP contribution in [0.1, 0.15) is 18.4 Å². The van der Waals surface area contributed by atoms with E-state index in [0.717, 1.165) is 43.7 Å². The Bertz CT molecular complexity index is 1050. The Morgan fingerprint density at radius 3 is 2.86 bits per heavy atom. The van der Waals surface area contributed by atoms with Gasteiger partial charge in [-0.25, -0.2) is 0 Å². The minimum atomic E-state index is 0.899. The number of hydrogen-bond donors (Lipinski definition) is 2. The van der Waals surface area contributed by atoms with Crippen molar-refractivity contribution in [2.45, 2.75) is 19.3 Å². The molecular formula is C23H25N5. The molecular weight excluding hydrogens is 346 g/mol. The Hall–Kier alpha value is -3.21. The highest BCUT2D eigenvalue weighted by Gasteiger charge is 2.23. The highest BCUT2D eigenvalue weighted by Crippen LogP contribution is 2.42. The lowest BCUT2D eigenvalue weighted by Crippen LogP contribution is -2.25. The lowest BCUT2D eigenvalue weighted by molar-refractivity contribution is 0.767. The molecule has 0 fully saturated rings. The number of aryl methyl sites for hydroxylation is 2. The molecule has 3 heterocycles. The van der Waals surface area contributed by atoms with Crippen molar-refractivity contribution >= 4 is 22.7 Å². The molecule has 0 saturated carbocycles. The Morgan fingerprint density at radius 2 is 2.00 bits per heavy atom. The topological polar surface area (TPSA) is 45.1 Å². The van der Waals surface area contributed by atoms with E-state index >= 15 is 0 Å². The van der Waals surface area contributed by atoms with E-state index in [1.54, 1.807) is 0 Å². The van der Waals surface area contributed by atoms with Crippen LogP contribution in [-0.4, -0.2) is 22.9 Å². The van der Waals surface area contributed by atoms with Crippen LogP contribution < -0.4 is 15.5 Å². The molecule has 0 bridgehead atoms. The number of nitrogens with one attached hydrogen (secondary N) is 2. The highest BCUT2D eigenvalue weighted by atomic mass is 15.2. The first-order chi connectivity index (χ1) is 13.7. The van der Waals surface area contributed by atoms with Gasteiger partial charge in [-0.3, -0.25) is 4.68 Å². The predicted octanol–water partition coefficient (Wildman–Crippen LogP) is 4.91. The molecule has 0 spiro atoms. The van der Waals surface area contributed by atoms with Gasteiger partial charge in [0.2, 0.25) is 0 Å². The largest absolute Gasteiger partial charge is 0.381 e. The van der Waals surface area contributed by atoms with Crippen LogP contribution in [0.5, 0.6) is 0 Å². The average Bonchev–Trinajstić information content (AvgIpc) is 3.04. The highest BCUT2D eigenvalue weighted by molar-refractivity contribution is 5.88. The van der Waals surface area contributed by atoms with Gasteiger partial charge in [0, 0.05) is 49.7 Å². The maximum absolute atomic E-state index is 4.31. The molecule has 2 N–H and O–H groups in total. The predicted molar refractivity (Wildman–Crippen MR) is 116 cm³/mol. The lowest BCUT2D eigenvalue weighted by Gasteiger charge is -2.33. The van der Waals surface area contributed by atoms with Crippen molar-refractivity contribution < 1.29 is 0 Å². The van der Waals surface area contributed by atoms with Gasteiger partial charge < -0.3 is 15.5 Å². The van der Waals surface area contributed by atoms with Gasteiger partial charge in [0.1, 0.15) is 0 Å². The molecule has 0 radical (unpaired) electrons. The first-order valence-corrected chi connectivity index (χ1v) is 9.90. The van der Waals surface area contributed by atoms with Gasteiger partial charge >= 0.3 is 0 Å². The summed E-state index contributed by atoms with van der Waals surface area (Å²) in [4.78, 5) is 2.45. The molecule has 2 aromatic carbocycles. The number of anilines is 4. The summed E-state index contributed by atoms with van der Waals surface area (Å²) >= 11 is 0. The van der Waals surface area contributed by atoms with Crippen LogP contribution >= 0.6 is 0 Å². The van der Waals surface area contributed by atoms with Crippen LogP contribution in [0.4, 0.5) is 22.7 Å². The summed E-state index contributed by atoms with van der Waals surface area (Å²) < 4.78 is 1.85. The fourth-order valence-corrected chi connectivity index (χ4v) is 4.24. The second kappa shape index (κ2) is 6.75. The second-order valence-electron chi connectivity index (χ2n) is 7.61. The molecule has 2 aliphatic rings. The first kappa shape index (κ1) is 16.9. The number of para-hydroxylation sites is 1. The normalized spacial score (nSPS) is 15.9. The fourth-order valence-electron chi connectivity index (χ4n) is 4.24. The summed E-state index contributed by atoms with van der Waals surface area (Å²) in [5.74, 6) is 0. The summed E-state index contributed by atoms with van der Waals surface area (Å²) in [7, 11) is 1.96. The Kier molecular flexibility index (Phi) is 4.08. The Morgan fingerprint density at radius 1 is 1.07 bits per heavy atom. The molecule has 0 aliphatic carbocycles. The number of hydrogen-bond acceptors (Lipinski definition) is 4. The average molecular weight is 371 g/mol. The van der Waals surface area contributed by atoms with Crippen molar-refractivity contribution in [2.24, 2.45) is 7.05 Å². The first-order valence-electron chi connectivity index (χ1n) is 9.90. The van der Waals surface area contributed by atoms with Crippen molar-refractivity contribution in [3.8, 4) is 11.1 Å². The van der Waals surface area contributed by atoms with Crippen molar-refractivity contribution in [3.63, 3.8) is 0 Å². The molecule has 5 rings (SSSR count). The van der Waals surface area contributed by atoms with Crippen LogP contribution in [0.15, 0.2) is 61.1 Å². The Balaban J connectivity index is 1.56. The molecule has 2 aliphatic heterocycles. The van der Waals surface area contributed by atoms with Crippen molar-refractivity contribution in [1.82, 2.24) is 9.78 Å². The minimum Gasteiger partial charge on any atom is -0.381 e. The van der Waals surface area contributed by atoms with Gasteiger partial charge in [0.25, 0.3) is 0 Å². The van der Waals surface area contributed by atoms with Gasteiger partial charge in [-0.15, -0.1) is 0 Å². The molecule has 142 valence electrons. The van der Waals surface area contributed by atoms with Crippen molar-refractivity contribution in [2.75, 3.05) is 28.6 Å². The monoisotopic (exact) mass is 371 g/mol. The molecule has 5 nitrogen and oxygen atoms in total. The maximum Gasteiger partial charge on any atom is 0.0820 e. The number of nitrogens with zero attached hydrogens (tertiary/aromatic N) is 3. The third-order valence-electron chi connectivity index (χ3n) is 5.61. The summed E-state index contributed by atoms with van der Waals surface area (Å²) in [6.45, 7) is 6.05. The van der Waals surface area contributed by atoms with Gasteiger partial charge in [-0.1, -0.05) is 18.7 Å². The van der Waals surface area contributed by atoms with Crippen LogP contribution in [-0.2, 0) is 13.5 Å². The molecule has 0 saturated heterocycles. The zero-order chi connectivity index (χ0) is 19.1. The summed E-state index contributed by atoms with van der Waals surface area (Å²) in [6.07, 6.45) is 7.19. The van der Waals surface area contributed by atoms with E-state index in [-0.39, 0.29) is 0 Å². The zero-order valence-electron chi connectivity index (χ0n) is 16.2. The quantitative estimate of drug-likeness (QED) is 0.672. The maximum atomic E-state index is 4.31. The number of rotatable bonds is 2. The van der Waals surface area contributed by atoms with Crippen LogP contribution in [0.2, 0.25) is 0 Å².